The molecule has 1 aliphatic rings. The number of aromatic hydroxyl groups is 1. The average Bonchev–Trinajstić information content (AvgIpc) is 3.67. The largest absolute Gasteiger partial charge is 0.507 e. The van der Waals surface area contributed by atoms with Crippen LogP contribution in [0.5, 0.6) is 5.75 Å². The van der Waals surface area contributed by atoms with Crippen molar-refractivity contribution in [1.82, 2.24) is 0 Å². The van der Waals surface area contributed by atoms with E-state index in [1.54, 1.807) is 42.5 Å². The fourth-order valence-corrected chi connectivity index (χ4v) is 5.78. The third-order valence-electron chi connectivity index (χ3n) is 6.23. The molecule has 1 saturated carbocycles. The third kappa shape index (κ3) is 4.09. The van der Waals surface area contributed by atoms with Gasteiger partial charge in [0.1, 0.15) is 11.3 Å². The zero-order chi connectivity index (χ0) is 23.9. The number of fused-ring (bicyclic) bond motifs is 1. The van der Waals surface area contributed by atoms with Gasteiger partial charge in [0.15, 0.2) is 9.84 Å². The van der Waals surface area contributed by atoms with Crippen LogP contribution in [0.1, 0.15) is 41.0 Å². The predicted octanol–water partition coefficient (Wildman–Crippen LogP) is 4.89. The number of hydrogen-bond acceptors (Lipinski definition) is 6. The van der Waals surface area contributed by atoms with Crippen LogP contribution in [0.3, 0.4) is 0 Å². The summed E-state index contributed by atoms with van der Waals surface area (Å²) in [6, 6.07) is 21.8. The fraction of sp³-hybridized carbons (Fsp3) is 0.185. The summed E-state index contributed by atoms with van der Waals surface area (Å²) in [4.78, 5) is 13.0. The summed E-state index contributed by atoms with van der Waals surface area (Å²) in [6.07, 6.45) is 1.81. The molecule has 4 aromatic rings. The Morgan fingerprint density at radius 1 is 1.03 bits per heavy atom. The molecule has 1 heterocycles. The Labute approximate surface area is 196 Å². The number of nitriles is 1. The minimum absolute atomic E-state index is 0.0839. The molecule has 0 saturated heterocycles. The lowest BCUT2D eigenvalue weighted by atomic mass is 9.86. The standard InChI is InChI=1S/C27H21NO5S/c28-15-17-8-12-21(13-9-17)34(31,32)16-18-4-3-5-20(14-18)24(19-10-11-19)25-26(29)22-6-1-2-7-23(22)33-27(25)30/h1-9,12-14,19,24,29H,10-11,16H2. The Kier molecular flexibility index (Phi) is 5.46. The molecule has 1 unspecified atom stereocenters. The van der Waals surface area contributed by atoms with Gasteiger partial charge in [0, 0.05) is 5.92 Å². The lowest BCUT2D eigenvalue weighted by Crippen LogP contribution is -2.16. The highest BCUT2D eigenvalue weighted by atomic mass is 32.2. The molecule has 1 atom stereocenters. The van der Waals surface area contributed by atoms with Crippen molar-refractivity contribution < 1.29 is 17.9 Å². The van der Waals surface area contributed by atoms with Crippen LogP contribution in [0.4, 0.5) is 0 Å². The third-order valence-corrected chi connectivity index (χ3v) is 7.94. The fourth-order valence-electron chi connectivity index (χ4n) is 4.44. The molecule has 7 heteroatoms. The van der Waals surface area contributed by atoms with Gasteiger partial charge in [0.25, 0.3) is 0 Å². The van der Waals surface area contributed by atoms with Crippen molar-refractivity contribution in [1.29, 1.82) is 5.26 Å². The van der Waals surface area contributed by atoms with E-state index in [1.165, 1.54) is 24.3 Å². The Balaban J connectivity index is 1.54. The monoisotopic (exact) mass is 471 g/mol. The van der Waals surface area contributed by atoms with Gasteiger partial charge in [-0.1, -0.05) is 36.4 Å². The van der Waals surface area contributed by atoms with Crippen LogP contribution in [0.25, 0.3) is 11.0 Å². The van der Waals surface area contributed by atoms with Crippen molar-refractivity contribution >= 4 is 20.8 Å². The smallest absolute Gasteiger partial charge is 0.343 e. The van der Waals surface area contributed by atoms with Crippen molar-refractivity contribution in [3.8, 4) is 11.8 Å². The van der Waals surface area contributed by atoms with E-state index < -0.39 is 21.4 Å². The minimum Gasteiger partial charge on any atom is -0.507 e. The number of para-hydroxylation sites is 1. The van der Waals surface area contributed by atoms with Crippen molar-refractivity contribution in [3.05, 3.63) is 105 Å². The molecule has 0 amide bonds. The van der Waals surface area contributed by atoms with Gasteiger partial charge in [-0.05, 0) is 66.3 Å². The molecule has 0 aliphatic heterocycles. The quantitative estimate of drug-likeness (QED) is 0.401. The first-order valence-electron chi connectivity index (χ1n) is 10.9. The highest BCUT2D eigenvalue weighted by Gasteiger charge is 2.38. The van der Waals surface area contributed by atoms with E-state index in [1.807, 2.05) is 12.1 Å². The molecule has 170 valence electrons. The van der Waals surface area contributed by atoms with E-state index in [0.29, 0.717) is 22.1 Å². The van der Waals surface area contributed by atoms with Gasteiger partial charge < -0.3 is 9.52 Å². The number of nitrogens with zero attached hydrogens (tertiary/aromatic N) is 1. The molecular weight excluding hydrogens is 450 g/mol. The highest BCUT2D eigenvalue weighted by Crippen LogP contribution is 2.48. The molecular formula is C27H21NO5S. The van der Waals surface area contributed by atoms with Gasteiger partial charge in [-0.15, -0.1) is 0 Å². The Morgan fingerprint density at radius 3 is 2.47 bits per heavy atom. The molecule has 0 bridgehead atoms. The summed E-state index contributed by atoms with van der Waals surface area (Å²) in [5, 5.41) is 20.4. The maximum Gasteiger partial charge on any atom is 0.343 e. The van der Waals surface area contributed by atoms with Gasteiger partial charge in [0.2, 0.25) is 0 Å². The van der Waals surface area contributed by atoms with Gasteiger partial charge in [-0.25, -0.2) is 13.2 Å². The van der Waals surface area contributed by atoms with Gasteiger partial charge in [0.05, 0.1) is 33.2 Å². The summed E-state index contributed by atoms with van der Waals surface area (Å²) in [6.45, 7) is 0. The number of hydrogen-bond donors (Lipinski definition) is 1. The van der Waals surface area contributed by atoms with Crippen molar-refractivity contribution in [2.24, 2.45) is 5.92 Å². The predicted molar refractivity (Wildman–Crippen MR) is 127 cm³/mol. The first-order valence-corrected chi connectivity index (χ1v) is 12.6. The molecule has 1 aromatic heterocycles. The van der Waals surface area contributed by atoms with E-state index >= 15 is 0 Å². The zero-order valence-corrected chi connectivity index (χ0v) is 19.0. The molecule has 1 fully saturated rings. The van der Waals surface area contributed by atoms with Crippen LogP contribution in [0.2, 0.25) is 0 Å². The van der Waals surface area contributed by atoms with E-state index in [9.17, 15) is 18.3 Å². The maximum absolute atomic E-state index is 13.0. The van der Waals surface area contributed by atoms with Crippen LogP contribution < -0.4 is 5.63 Å². The zero-order valence-electron chi connectivity index (χ0n) is 18.1. The molecule has 3 aromatic carbocycles. The summed E-state index contributed by atoms with van der Waals surface area (Å²) >= 11 is 0. The van der Waals surface area contributed by atoms with Gasteiger partial charge in [-0.2, -0.15) is 5.26 Å². The Hall–Kier alpha value is -3.89. The van der Waals surface area contributed by atoms with Crippen LogP contribution in [-0.2, 0) is 15.6 Å². The highest BCUT2D eigenvalue weighted by molar-refractivity contribution is 7.90. The lowest BCUT2D eigenvalue weighted by Gasteiger charge is -2.19. The van der Waals surface area contributed by atoms with Crippen molar-refractivity contribution in [3.63, 3.8) is 0 Å². The normalized spacial score (nSPS) is 14.6. The molecule has 0 spiro atoms. The first-order chi connectivity index (χ1) is 16.4. The molecule has 1 aliphatic carbocycles. The van der Waals surface area contributed by atoms with Crippen LogP contribution >= 0.6 is 0 Å². The average molecular weight is 472 g/mol. The van der Waals surface area contributed by atoms with E-state index in [0.717, 1.165) is 18.4 Å². The molecule has 5 rings (SSSR count). The molecule has 6 nitrogen and oxygen atoms in total. The number of sulfone groups is 1. The van der Waals surface area contributed by atoms with E-state index in [-0.39, 0.29) is 27.9 Å². The summed E-state index contributed by atoms with van der Waals surface area (Å²) in [7, 11) is -3.63. The van der Waals surface area contributed by atoms with Crippen molar-refractivity contribution in [2.75, 3.05) is 0 Å². The Morgan fingerprint density at radius 2 is 1.76 bits per heavy atom. The summed E-state index contributed by atoms with van der Waals surface area (Å²) < 4.78 is 31.4. The van der Waals surface area contributed by atoms with Gasteiger partial charge >= 0.3 is 5.63 Å². The second-order valence-electron chi connectivity index (χ2n) is 8.60. The number of benzene rings is 3. The molecule has 1 N–H and O–H groups in total. The lowest BCUT2D eigenvalue weighted by molar-refractivity contribution is 0.446. The van der Waals surface area contributed by atoms with Gasteiger partial charge in [-0.3, -0.25) is 0 Å². The SMILES string of the molecule is N#Cc1ccc(S(=O)(=O)Cc2cccc(C(c3c(O)c4ccccc4oc3=O)C3CC3)c2)cc1. The molecule has 0 radical (unpaired) electrons. The van der Waals surface area contributed by atoms with Crippen LogP contribution in [-0.4, -0.2) is 13.5 Å². The summed E-state index contributed by atoms with van der Waals surface area (Å²) in [5.41, 5.74) is 1.70. The number of rotatable bonds is 6. The van der Waals surface area contributed by atoms with E-state index in [4.69, 9.17) is 9.68 Å². The Bertz CT molecular complexity index is 1590. The van der Waals surface area contributed by atoms with Crippen LogP contribution in [0.15, 0.2) is 86.9 Å². The first kappa shape index (κ1) is 21.9. The van der Waals surface area contributed by atoms with E-state index in [2.05, 4.69) is 0 Å². The second-order valence-corrected chi connectivity index (χ2v) is 10.6. The maximum atomic E-state index is 13.0. The topological polar surface area (TPSA) is 108 Å². The molecule has 34 heavy (non-hydrogen) atoms. The summed E-state index contributed by atoms with van der Waals surface area (Å²) in [5.74, 6) is -0.527. The minimum atomic E-state index is -3.63. The van der Waals surface area contributed by atoms with Crippen LogP contribution in [0, 0.1) is 17.2 Å². The van der Waals surface area contributed by atoms with Crippen molar-refractivity contribution in [2.45, 2.75) is 29.4 Å². The second kappa shape index (κ2) is 8.47.